The van der Waals surface area contributed by atoms with Crippen molar-refractivity contribution in [2.45, 2.75) is 17.8 Å². The average Bonchev–Trinajstić information content (AvgIpc) is 2.99. The van der Waals surface area contributed by atoms with Crippen molar-refractivity contribution in [1.29, 1.82) is 0 Å². The van der Waals surface area contributed by atoms with E-state index in [0.717, 1.165) is 16.7 Å². The van der Waals surface area contributed by atoms with Crippen LogP contribution in [-0.2, 0) is 0 Å². The molecule has 2 nitrogen and oxygen atoms in total. The van der Waals surface area contributed by atoms with Gasteiger partial charge in [-0.05, 0) is 16.7 Å². The molecule has 5 rings (SSSR count). The molecule has 0 heterocycles. The second-order valence-corrected chi connectivity index (χ2v) is 9.17. The SMILES string of the molecule is O=C(c1ccccc1)C(c1ccccc1)C(c1ccccc1)C(C(=O)c1ccccc1)c1ccccc1. The topological polar surface area (TPSA) is 34.1 Å². The summed E-state index contributed by atoms with van der Waals surface area (Å²) < 4.78 is 0. The van der Waals surface area contributed by atoms with Crippen LogP contribution in [0.5, 0.6) is 0 Å². The summed E-state index contributed by atoms with van der Waals surface area (Å²) in [5.74, 6) is -1.55. The molecular weight excluding hydrogens is 452 g/mol. The molecule has 2 atom stereocenters. The highest BCUT2D eigenvalue weighted by atomic mass is 16.1. The number of carbonyl (C=O) groups is 2. The first kappa shape index (κ1) is 24.1. The number of hydrogen-bond donors (Lipinski definition) is 0. The van der Waals surface area contributed by atoms with Crippen LogP contribution in [0.2, 0.25) is 0 Å². The van der Waals surface area contributed by atoms with E-state index in [4.69, 9.17) is 0 Å². The third-order valence-corrected chi connectivity index (χ3v) is 6.90. The molecule has 0 amide bonds. The maximum absolute atomic E-state index is 14.3. The molecule has 0 bridgehead atoms. The van der Waals surface area contributed by atoms with Crippen molar-refractivity contribution in [3.8, 4) is 0 Å². The van der Waals surface area contributed by atoms with Gasteiger partial charge < -0.3 is 0 Å². The zero-order valence-corrected chi connectivity index (χ0v) is 20.5. The van der Waals surface area contributed by atoms with E-state index in [-0.39, 0.29) is 11.6 Å². The number of Topliss-reactive ketones (excluding diaryl/α,β-unsaturated/α-hetero) is 2. The normalized spacial score (nSPS) is 13.3. The summed E-state index contributed by atoms with van der Waals surface area (Å²) in [4.78, 5) is 28.7. The zero-order valence-electron chi connectivity index (χ0n) is 20.5. The molecule has 0 N–H and O–H groups in total. The first-order valence-corrected chi connectivity index (χ1v) is 12.6. The van der Waals surface area contributed by atoms with Crippen molar-refractivity contribution in [3.05, 3.63) is 179 Å². The van der Waals surface area contributed by atoms with Crippen LogP contribution in [0.4, 0.5) is 0 Å². The van der Waals surface area contributed by atoms with E-state index >= 15 is 0 Å². The summed E-state index contributed by atoms with van der Waals surface area (Å²) in [6.45, 7) is 0. The Bertz CT molecular complexity index is 1340. The van der Waals surface area contributed by atoms with Gasteiger partial charge in [-0.15, -0.1) is 0 Å². The molecule has 5 aromatic carbocycles. The van der Waals surface area contributed by atoms with Gasteiger partial charge in [-0.2, -0.15) is 0 Å². The van der Waals surface area contributed by atoms with Crippen molar-refractivity contribution in [1.82, 2.24) is 0 Å². The van der Waals surface area contributed by atoms with Gasteiger partial charge in [-0.25, -0.2) is 0 Å². The first-order valence-electron chi connectivity index (χ1n) is 12.6. The first-order chi connectivity index (χ1) is 18.2. The number of benzene rings is 5. The second-order valence-electron chi connectivity index (χ2n) is 9.17. The molecule has 0 aliphatic heterocycles. The van der Waals surface area contributed by atoms with Crippen LogP contribution < -0.4 is 0 Å². The fourth-order valence-electron chi connectivity index (χ4n) is 5.18. The monoisotopic (exact) mass is 480 g/mol. The third-order valence-electron chi connectivity index (χ3n) is 6.90. The highest BCUT2D eigenvalue weighted by Crippen LogP contribution is 2.46. The number of carbonyl (C=O) groups excluding carboxylic acids is 2. The number of hydrogen-bond acceptors (Lipinski definition) is 2. The van der Waals surface area contributed by atoms with Crippen molar-refractivity contribution < 1.29 is 9.59 Å². The van der Waals surface area contributed by atoms with Gasteiger partial charge in [0.05, 0.1) is 11.8 Å². The summed E-state index contributed by atoms with van der Waals surface area (Å²) in [6.07, 6.45) is 0. The Hall–Kier alpha value is -4.56. The second kappa shape index (κ2) is 11.5. The molecule has 180 valence electrons. The van der Waals surface area contributed by atoms with Crippen LogP contribution in [0.3, 0.4) is 0 Å². The smallest absolute Gasteiger partial charge is 0.170 e. The Balaban J connectivity index is 1.76. The molecule has 5 aromatic rings. The standard InChI is InChI=1S/C35H28O2/c36-34(29-22-12-4-13-23-29)32(27-18-8-2-9-19-27)31(26-16-6-1-7-17-26)33(28-20-10-3-11-21-28)35(37)30-24-14-5-15-25-30/h1-25,31-33H. The lowest BCUT2D eigenvalue weighted by Crippen LogP contribution is -2.30. The van der Waals surface area contributed by atoms with E-state index < -0.39 is 17.8 Å². The van der Waals surface area contributed by atoms with Crippen LogP contribution in [0.25, 0.3) is 0 Å². The molecule has 2 heteroatoms. The van der Waals surface area contributed by atoms with Crippen LogP contribution >= 0.6 is 0 Å². The molecule has 0 aromatic heterocycles. The van der Waals surface area contributed by atoms with E-state index in [1.807, 2.05) is 152 Å². The van der Waals surface area contributed by atoms with Crippen LogP contribution in [0.15, 0.2) is 152 Å². The van der Waals surface area contributed by atoms with Crippen LogP contribution in [-0.4, -0.2) is 11.6 Å². The highest BCUT2D eigenvalue weighted by Gasteiger charge is 2.41. The molecule has 0 spiro atoms. The molecule has 0 radical (unpaired) electrons. The quantitative estimate of drug-likeness (QED) is 0.200. The van der Waals surface area contributed by atoms with Gasteiger partial charge in [-0.3, -0.25) is 9.59 Å². The molecular formula is C35H28O2. The van der Waals surface area contributed by atoms with E-state index in [1.165, 1.54) is 0 Å². The van der Waals surface area contributed by atoms with Crippen LogP contribution in [0, 0.1) is 0 Å². The van der Waals surface area contributed by atoms with Gasteiger partial charge in [0.2, 0.25) is 0 Å². The molecule has 37 heavy (non-hydrogen) atoms. The number of rotatable bonds is 9. The van der Waals surface area contributed by atoms with Crippen molar-refractivity contribution in [2.24, 2.45) is 0 Å². The minimum atomic E-state index is -0.566. The van der Waals surface area contributed by atoms with E-state index in [9.17, 15) is 9.59 Å². The molecule has 0 aliphatic carbocycles. The summed E-state index contributed by atoms with van der Waals surface area (Å²) in [5, 5.41) is 0. The predicted molar refractivity (Wildman–Crippen MR) is 149 cm³/mol. The fourth-order valence-corrected chi connectivity index (χ4v) is 5.18. The van der Waals surface area contributed by atoms with Gasteiger partial charge >= 0.3 is 0 Å². The average molecular weight is 481 g/mol. The summed E-state index contributed by atoms with van der Waals surface area (Å²) in [5.41, 5.74) is 4.02. The minimum absolute atomic E-state index is 0.00226. The lowest BCUT2D eigenvalue weighted by Gasteiger charge is -2.34. The Morgan fingerprint density at radius 2 is 0.622 bits per heavy atom. The van der Waals surface area contributed by atoms with Gasteiger partial charge in [0.1, 0.15) is 0 Å². The zero-order chi connectivity index (χ0) is 25.5. The van der Waals surface area contributed by atoms with Crippen molar-refractivity contribution in [3.63, 3.8) is 0 Å². The Morgan fingerprint density at radius 1 is 0.351 bits per heavy atom. The van der Waals surface area contributed by atoms with E-state index in [0.29, 0.717) is 11.1 Å². The maximum Gasteiger partial charge on any atom is 0.170 e. The summed E-state index contributed by atoms with van der Waals surface area (Å²) >= 11 is 0. The minimum Gasteiger partial charge on any atom is -0.293 e. The lowest BCUT2D eigenvalue weighted by atomic mass is 9.67. The molecule has 0 saturated carbocycles. The lowest BCUT2D eigenvalue weighted by molar-refractivity contribution is 0.0899. The third kappa shape index (κ3) is 5.34. The van der Waals surface area contributed by atoms with E-state index in [2.05, 4.69) is 0 Å². The maximum atomic E-state index is 14.3. The summed E-state index contributed by atoms with van der Waals surface area (Å²) in [7, 11) is 0. The fraction of sp³-hybridized carbons (Fsp3) is 0.0857. The summed E-state index contributed by atoms with van der Waals surface area (Å²) in [6, 6.07) is 48.5. The Labute approximate surface area is 218 Å². The molecule has 0 aliphatic rings. The van der Waals surface area contributed by atoms with Crippen molar-refractivity contribution >= 4 is 11.6 Å². The molecule has 0 saturated heterocycles. The largest absolute Gasteiger partial charge is 0.293 e. The number of ketones is 2. The Kier molecular flexibility index (Phi) is 7.47. The van der Waals surface area contributed by atoms with Crippen molar-refractivity contribution in [2.75, 3.05) is 0 Å². The highest BCUT2D eigenvalue weighted by molar-refractivity contribution is 6.05. The predicted octanol–water partition coefficient (Wildman–Crippen LogP) is 8.10. The van der Waals surface area contributed by atoms with Gasteiger partial charge in [0.15, 0.2) is 11.6 Å². The van der Waals surface area contributed by atoms with E-state index in [1.54, 1.807) is 0 Å². The van der Waals surface area contributed by atoms with Gasteiger partial charge in [0, 0.05) is 17.0 Å². The Morgan fingerprint density at radius 3 is 0.946 bits per heavy atom. The van der Waals surface area contributed by atoms with Crippen LogP contribution in [0.1, 0.15) is 55.2 Å². The molecule has 0 fully saturated rings. The molecule has 2 unspecified atom stereocenters. The van der Waals surface area contributed by atoms with Gasteiger partial charge in [-0.1, -0.05) is 152 Å². The van der Waals surface area contributed by atoms with Gasteiger partial charge in [0.25, 0.3) is 0 Å².